The van der Waals surface area contributed by atoms with Crippen molar-refractivity contribution in [3.05, 3.63) is 0 Å². The molecule has 0 spiro atoms. The van der Waals surface area contributed by atoms with E-state index in [2.05, 4.69) is 24.3 Å². The average Bonchev–Trinajstić information content (AvgIpc) is 2.96. The Bertz CT molecular complexity index is 384. The minimum absolute atomic E-state index is 0.0528. The highest BCUT2D eigenvalue weighted by Crippen LogP contribution is 2.41. The standard InChI is InChI=1S/C14H25N3O2/c1-13(2)8-5-10(9-13)16-12(18)14(11(15)17-19)6-3-4-7-14/h10,19H,3-9H2,1-2H3,(H2,15,17)(H,16,18). The zero-order valence-electron chi connectivity index (χ0n) is 11.9. The van der Waals surface area contributed by atoms with Gasteiger partial charge in [0.2, 0.25) is 5.91 Å². The van der Waals surface area contributed by atoms with E-state index in [1.54, 1.807) is 0 Å². The molecule has 1 amide bonds. The smallest absolute Gasteiger partial charge is 0.234 e. The molecule has 4 N–H and O–H groups in total. The SMILES string of the molecule is CC1(C)CCC(NC(=O)C2(C(N)=NO)CCCC2)C1. The number of amidine groups is 1. The molecule has 0 heterocycles. The van der Waals surface area contributed by atoms with Crippen LogP contribution in [-0.4, -0.2) is 23.0 Å². The van der Waals surface area contributed by atoms with Gasteiger partial charge in [0.1, 0.15) is 5.41 Å². The lowest BCUT2D eigenvalue weighted by molar-refractivity contribution is -0.128. The van der Waals surface area contributed by atoms with Crippen LogP contribution in [0.3, 0.4) is 0 Å². The number of carbonyl (C=O) groups is 1. The van der Waals surface area contributed by atoms with Crippen molar-refractivity contribution in [2.45, 2.75) is 64.8 Å². The molecule has 1 atom stereocenters. The maximum Gasteiger partial charge on any atom is 0.234 e. The second kappa shape index (κ2) is 5.02. The van der Waals surface area contributed by atoms with E-state index in [9.17, 15) is 4.79 Å². The summed E-state index contributed by atoms with van der Waals surface area (Å²) in [5, 5.41) is 15.2. The number of hydrogen-bond donors (Lipinski definition) is 3. The Balaban J connectivity index is 2.06. The van der Waals surface area contributed by atoms with Crippen molar-refractivity contribution in [2.24, 2.45) is 21.7 Å². The number of rotatable bonds is 3. The first-order valence-electron chi connectivity index (χ1n) is 7.19. The van der Waals surface area contributed by atoms with E-state index < -0.39 is 5.41 Å². The van der Waals surface area contributed by atoms with Crippen LogP contribution in [0, 0.1) is 10.8 Å². The summed E-state index contributed by atoms with van der Waals surface area (Å²) in [5.41, 5.74) is 5.31. The maximum absolute atomic E-state index is 12.6. The molecule has 2 saturated carbocycles. The molecule has 2 fully saturated rings. The number of nitrogens with two attached hydrogens (primary N) is 1. The molecule has 0 aliphatic heterocycles. The normalized spacial score (nSPS) is 29.4. The molecule has 2 rings (SSSR count). The molecule has 2 aliphatic carbocycles. The first kappa shape index (κ1) is 14.2. The third-order valence-electron chi connectivity index (χ3n) is 4.79. The Kier molecular flexibility index (Phi) is 3.74. The lowest BCUT2D eigenvalue weighted by Crippen LogP contribution is -2.50. The minimum atomic E-state index is -0.776. The molecule has 5 heteroatoms. The lowest BCUT2D eigenvalue weighted by atomic mass is 9.83. The number of carbonyl (C=O) groups excluding carboxylic acids is 1. The highest BCUT2D eigenvalue weighted by molar-refractivity contribution is 6.07. The third-order valence-corrected chi connectivity index (χ3v) is 4.79. The number of oxime groups is 1. The van der Waals surface area contributed by atoms with Crippen LogP contribution in [0.15, 0.2) is 5.16 Å². The quantitative estimate of drug-likeness (QED) is 0.316. The fraction of sp³-hybridized carbons (Fsp3) is 0.857. The Morgan fingerprint density at radius 3 is 2.42 bits per heavy atom. The van der Waals surface area contributed by atoms with E-state index in [4.69, 9.17) is 10.9 Å². The molecule has 108 valence electrons. The second-order valence-electron chi connectivity index (χ2n) is 6.85. The zero-order chi connectivity index (χ0) is 14.1. The molecular weight excluding hydrogens is 242 g/mol. The van der Waals surface area contributed by atoms with Gasteiger partial charge in [0.25, 0.3) is 0 Å². The monoisotopic (exact) mass is 267 g/mol. The number of amides is 1. The number of nitrogens with zero attached hydrogens (tertiary/aromatic N) is 1. The highest BCUT2D eigenvalue weighted by atomic mass is 16.4. The number of nitrogens with one attached hydrogen (secondary N) is 1. The van der Waals surface area contributed by atoms with Gasteiger partial charge < -0.3 is 16.3 Å². The summed E-state index contributed by atoms with van der Waals surface area (Å²) in [6.45, 7) is 4.46. The predicted molar refractivity (Wildman–Crippen MR) is 73.9 cm³/mol. The van der Waals surface area contributed by atoms with Crippen molar-refractivity contribution in [3.63, 3.8) is 0 Å². The van der Waals surface area contributed by atoms with Crippen molar-refractivity contribution in [1.29, 1.82) is 0 Å². The van der Waals surface area contributed by atoms with Crippen molar-refractivity contribution in [2.75, 3.05) is 0 Å². The summed E-state index contributed by atoms with van der Waals surface area (Å²) in [4.78, 5) is 12.6. The van der Waals surface area contributed by atoms with Crippen LogP contribution < -0.4 is 11.1 Å². The van der Waals surface area contributed by atoms with Gasteiger partial charge in [0.05, 0.1) is 0 Å². The summed E-state index contributed by atoms with van der Waals surface area (Å²) in [6.07, 6.45) is 6.44. The molecule has 0 bridgehead atoms. The Morgan fingerprint density at radius 2 is 1.95 bits per heavy atom. The van der Waals surface area contributed by atoms with Gasteiger partial charge in [-0.2, -0.15) is 0 Å². The molecule has 19 heavy (non-hydrogen) atoms. The Morgan fingerprint density at radius 1 is 1.32 bits per heavy atom. The Labute approximate surface area is 114 Å². The summed E-state index contributed by atoms with van der Waals surface area (Å²) in [6, 6.07) is 0.228. The van der Waals surface area contributed by atoms with Crippen molar-refractivity contribution >= 4 is 11.7 Å². The van der Waals surface area contributed by atoms with E-state index in [-0.39, 0.29) is 17.8 Å². The maximum atomic E-state index is 12.6. The van der Waals surface area contributed by atoms with Crippen LogP contribution in [0.4, 0.5) is 0 Å². The third kappa shape index (κ3) is 2.69. The van der Waals surface area contributed by atoms with Crippen LogP contribution >= 0.6 is 0 Å². The molecule has 0 aromatic carbocycles. The highest BCUT2D eigenvalue weighted by Gasteiger charge is 2.46. The topological polar surface area (TPSA) is 87.7 Å². The van der Waals surface area contributed by atoms with Gasteiger partial charge in [-0.25, -0.2) is 0 Å². The van der Waals surface area contributed by atoms with E-state index in [0.717, 1.165) is 32.1 Å². The van der Waals surface area contributed by atoms with E-state index >= 15 is 0 Å². The van der Waals surface area contributed by atoms with E-state index in [1.165, 1.54) is 0 Å². The van der Waals surface area contributed by atoms with Gasteiger partial charge in [-0.15, -0.1) is 0 Å². The van der Waals surface area contributed by atoms with Crippen molar-refractivity contribution in [3.8, 4) is 0 Å². The first-order chi connectivity index (χ1) is 8.89. The summed E-state index contributed by atoms with van der Waals surface area (Å²) < 4.78 is 0. The Hall–Kier alpha value is -1.26. The lowest BCUT2D eigenvalue weighted by Gasteiger charge is -2.28. The first-order valence-corrected chi connectivity index (χ1v) is 7.19. The van der Waals surface area contributed by atoms with Crippen LogP contribution in [0.1, 0.15) is 58.8 Å². The summed E-state index contributed by atoms with van der Waals surface area (Å²) in [7, 11) is 0. The molecule has 0 aromatic heterocycles. The van der Waals surface area contributed by atoms with Crippen molar-refractivity contribution < 1.29 is 10.0 Å². The largest absolute Gasteiger partial charge is 0.409 e. The van der Waals surface area contributed by atoms with Gasteiger partial charge in [-0.05, 0) is 37.5 Å². The zero-order valence-corrected chi connectivity index (χ0v) is 11.9. The van der Waals surface area contributed by atoms with E-state index in [1.807, 2.05) is 0 Å². The summed E-state index contributed by atoms with van der Waals surface area (Å²) >= 11 is 0. The molecule has 5 nitrogen and oxygen atoms in total. The molecule has 0 saturated heterocycles. The fourth-order valence-corrected chi connectivity index (χ4v) is 3.56. The van der Waals surface area contributed by atoms with Crippen LogP contribution in [-0.2, 0) is 4.79 Å². The number of hydrogen-bond acceptors (Lipinski definition) is 3. The fourth-order valence-electron chi connectivity index (χ4n) is 3.56. The van der Waals surface area contributed by atoms with Crippen molar-refractivity contribution in [1.82, 2.24) is 5.32 Å². The van der Waals surface area contributed by atoms with Gasteiger partial charge in [0, 0.05) is 6.04 Å². The average molecular weight is 267 g/mol. The molecule has 0 aromatic rings. The molecule has 0 radical (unpaired) electrons. The molecule has 2 aliphatic rings. The second-order valence-corrected chi connectivity index (χ2v) is 6.85. The summed E-state index contributed by atoms with van der Waals surface area (Å²) in [5.74, 6) is 0.0164. The van der Waals surface area contributed by atoms with Gasteiger partial charge in [-0.1, -0.05) is 31.8 Å². The molecular formula is C14H25N3O2. The molecule has 1 unspecified atom stereocenters. The van der Waals surface area contributed by atoms with Crippen LogP contribution in [0.2, 0.25) is 0 Å². The van der Waals surface area contributed by atoms with Gasteiger partial charge in [-0.3, -0.25) is 4.79 Å². The van der Waals surface area contributed by atoms with Gasteiger partial charge >= 0.3 is 0 Å². The van der Waals surface area contributed by atoms with E-state index in [0.29, 0.717) is 18.3 Å². The van der Waals surface area contributed by atoms with Gasteiger partial charge in [0.15, 0.2) is 5.84 Å². The predicted octanol–water partition coefficient (Wildman–Crippen LogP) is 1.99. The minimum Gasteiger partial charge on any atom is -0.409 e. The van der Waals surface area contributed by atoms with Crippen LogP contribution in [0.5, 0.6) is 0 Å². The van der Waals surface area contributed by atoms with Crippen LogP contribution in [0.25, 0.3) is 0 Å².